The van der Waals surface area contributed by atoms with E-state index in [-0.39, 0.29) is 0 Å². The highest BCUT2D eigenvalue weighted by molar-refractivity contribution is 5.29. The Morgan fingerprint density at radius 2 is 1.75 bits per heavy atom. The quantitative estimate of drug-likeness (QED) is 0.860. The molecule has 2 aliphatic rings. The van der Waals surface area contributed by atoms with Crippen molar-refractivity contribution in [2.24, 2.45) is 0 Å². The van der Waals surface area contributed by atoms with Gasteiger partial charge < -0.3 is 9.42 Å². The van der Waals surface area contributed by atoms with Crippen molar-refractivity contribution in [3.05, 3.63) is 36.0 Å². The molecule has 4 rings (SSSR count). The molecule has 0 N–H and O–H groups in total. The van der Waals surface area contributed by atoms with Crippen LogP contribution >= 0.6 is 0 Å². The summed E-state index contributed by atoms with van der Waals surface area (Å²) in [6, 6.07) is 4.04. The van der Waals surface area contributed by atoms with Crippen molar-refractivity contribution in [1.29, 1.82) is 0 Å². The normalized spacial score (nSPS) is 20.4. The van der Waals surface area contributed by atoms with Gasteiger partial charge in [0, 0.05) is 50.6 Å². The second-order valence-electron chi connectivity index (χ2n) is 6.87. The van der Waals surface area contributed by atoms with E-state index in [1.54, 1.807) is 12.4 Å². The molecule has 2 aromatic heterocycles. The van der Waals surface area contributed by atoms with Crippen LogP contribution < -0.4 is 4.90 Å². The van der Waals surface area contributed by atoms with E-state index in [1.807, 2.05) is 6.07 Å². The minimum absolute atomic E-state index is 0.614. The van der Waals surface area contributed by atoms with E-state index >= 15 is 0 Å². The fourth-order valence-corrected chi connectivity index (χ4v) is 3.78. The summed E-state index contributed by atoms with van der Waals surface area (Å²) in [6.07, 6.45) is 10.2. The molecule has 0 aromatic carbocycles. The molecule has 6 nitrogen and oxygen atoms in total. The van der Waals surface area contributed by atoms with E-state index < -0.39 is 0 Å². The molecule has 0 unspecified atom stereocenters. The average molecular weight is 327 g/mol. The lowest BCUT2D eigenvalue weighted by atomic mass is 9.87. The van der Waals surface area contributed by atoms with Crippen molar-refractivity contribution in [3.8, 4) is 0 Å². The first-order valence-electron chi connectivity index (χ1n) is 9.08. The summed E-state index contributed by atoms with van der Waals surface area (Å²) in [5.41, 5.74) is 1.17. The van der Waals surface area contributed by atoms with Crippen molar-refractivity contribution in [2.45, 2.75) is 44.6 Å². The lowest BCUT2D eigenvalue weighted by Crippen LogP contribution is -2.46. The molecular formula is C18H25N5O. The van der Waals surface area contributed by atoms with E-state index in [2.05, 4.69) is 31.0 Å². The molecule has 1 saturated heterocycles. The van der Waals surface area contributed by atoms with E-state index in [0.29, 0.717) is 5.92 Å². The maximum Gasteiger partial charge on any atom is 0.225 e. The standard InChI is InChI=1S/C18H25N5O/c1-2-5-15(6-3-1)17-13-16(24-21-17)14-22-9-11-23(12-10-22)18-19-7-4-8-20-18/h4,7-8,13,15H,1-3,5-6,9-12,14H2. The Balaban J connectivity index is 1.30. The number of aromatic nitrogens is 3. The van der Waals surface area contributed by atoms with Gasteiger partial charge in [-0.15, -0.1) is 0 Å². The highest BCUT2D eigenvalue weighted by atomic mass is 16.5. The van der Waals surface area contributed by atoms with Crippen molar-refractivity contribution >= 4 is 5.95 Å². The Labute approximate surface area is 142 Å². The van der Waals surface area contributed by atoms with Gasteiger partial charge in [0.2, 0.25) is 5.95 Å². The van der Waals surface area contributed by atoms with Crippen molar-refractivity contribution < 1.29 is 4.52 Å². The Bertz CT molecular complexity index is 630. The summed E-state index contributed by atoms with van der Waals surface area (Å²) in [7, 11) is 0. The number of anilines is 1. The fourth-order valence-electron chi connectivity index (χ4n) is 3.78. The molecule has 0 amide bonds. The van der Waals surface area contributed by atoms with Gasteiger partial charge in [0.05, 0.1) is 12.2 Å². The summed E-state index contributed by atoms with van der Waals surface area (Å²) in [6.45, 7) is 4.75. The summed E-state index contributed by atoms with van der Waals surface area (Å²) in [4.78, 5) is 13.3. The van der Waals surface area contributed by atoms with E-state index in [4.69, 9.17) is 4.52 Å². The van der Waals surface area contributed by atoms with Gasteiger partial charge in [-0.1, -0.05) is 24.4 Å². The third-order valence-corrected chi connectivity index (χ3v) is 5.19. The highest BCUT2D eigenvalue weighted by Gasteiger charge is 2.22. The topological polar surface area (TPSA) is 58.3 Å². The van der Waals surface area contributed by atoms with Crippen LogP contribution in [0.1, 0.15) is 49.5 Å². The van der Waals surface area contributed by atoms with Gasteiger partial charge in [0.1, 0.15) is 0 Å². The predicted molar refractivity (Wildman–Crippen MR) is 91.9 cm³/mol. The molecule has 2 aromatic rings. The predicted octanol–water partition coefficient (Wildman–Crippen LogP) is 2.83. The van der Waals surface area contributed by atoms with Crippen molar-refractivity contribution in [3.63, 3.8) is 0 Å². The minimum Gasteiger partial charge on any atom is -0.360 e. The average Bonchev–Trinajstić information content (AvgIpc) is 3.12. The van der Waals surface area contributed by atoms with E-state index in [1.165, 1.54) is 37.8 Å². The summed E-state index contributed by atoms with van der Waals surface area (Å²) >= 11 is 0. The summed E-state index contributed by atoms with van der Waals surface area (Å²) < 4.78 is 5.60. The maximum absolute atomic E-state index is 5.60. The lowest BCUT2D eigenvalue weighted by molar-refractivity contribution is 0.218. The molecular weight excluding hydrogens is 302 g/mol. The highest BCUT2D eigenvalue weighted by Crippen LogP contribution is 2.32. The zero-order valence-corrected chi connectivity index (χ0v) is 14.1. The van der Waals surface area contributed by atoms with Crippen LogP contribution in [0.25, 0.3) is 0 Å². The number of hydrogen-bond donors (Lipinski definition) is 0. The molecule has 0 atom stereocenters. The van der Waals surface area contributed by atoms with Crippen LogP contribution in [-0.2, 0) is 6.54 Å². The van der Waals surface area contributed by atoms with Crippen molar-refractivity contribution in [2.75, 3.05) is 31.1 Å². The first kappa shape index (κ1) is 15.6. The molecule has 1 aliphatic heterocycles. The van der Waals surface area contributed by atoms with Gasteiger partial charge in [-0.3, -0.25) is 4.90 Å². The Morgan fingerprint density at radius 1 is 1.00 bits per heavy atom. The zero-order chi connectivity index (χ0) is 16.2. The van der Waals surface area contributed by atoms with Crippen LogP contribution in [0.2, 0.25) is 0 Å². The lowest BCUT2D eigenvalue weighted by Gasteiger charge is -2.33. The maximum atomic E-state index is 5.60. The molecule has 6 heteroatoms. The molecule has 0 radical (unpaired) electrons. The third kappa shape index (κ3) is 3.59. The molecule has 1 aliphatic carbocycles. The zero-order valence-electron chi connectivity index (χ0n) is 14.1. The third-order valence-electron chi connectivity index (χ3n) is 5.19. The van der Waals surface area contributed by atoms with Crippen LogP contribution in [0.15, 0.2) is 29.0 Å². The molecule has 2 fully saturated rings. The first-order valence-corrected chi connectivity index (χ1v) is 9.08. The number of piperazine rings is 1. The first-order chi connectivity index (χ1) is 11.9. The van der Waals surface area contributed by atoms with Gasteiger partial charge in [-0.2, -0.15) is 0 Å². The Kier molecular flexibility index (Phi) is 4.74. The number of nitrogens with zero attached hydrogens (tertiary/aromatic N) is 5. The molecule has 0 spiro atoms. The summed E-state index contributed by atoms with van der Waals surface area (Å²) in [5, 5.41) is 4.34. The largest absolute Gasteiger partial charge is 0.360 e. The molecule has 24 heavy (non-hydrogen) atoms. The number of hydrogen-bond acceptors (Lipinski definition) is 6. The minimum atomic E-state index is 0.614. The monoisotopic (exact) mass is 327 g/mol. The Morgan fingerprint density at radius 3 is 2.50 bits per heavy atom. The van der Waals surface area contributed by atoms with Gasteiger partial charge in [-0.05, 0) is 18.9 Å². The van der Waals surface area contributed by atoms with Crippen molar-refractivity contribution in [1.82, 2.24) is 20.0 Å². The molecule has 0 bridgehead atoms. The SMILES string of the molecule is c1cnc(N2CCN(Cc3cc(C4CCCCC4)no3)CC2)nc1. The second-order valence-corrected chi connectivity index (χ2v) is 6.87. The van der Waals surface area contributed by atoms with Crippen LogP contribution in [-0.4, -0.2) is 46.2 Å². The molecule has 1 saturated carbocycles. The summed E-state index contributed by atoms with van der Waals surface area (Å²) in [5.74, 6) is 2.44. The van der Waals surface area contributed by atoms with E-state index in [9.17, 15) is 0 Å². The van der Waals surface area contributed by atoms with Crippen LogP contribution in [0.3, 0.4) is 0 Å². The van der Waals surface area contributed by atoms with Gasteiger partial charge in [-0.25, -0.2) is 9.97 Å². The van der Waals surface area contributed by atoms with Gasteiger partial charge in [0.15, 0.2) is 5.76 Å². The molecule has 3 heterocycles. The second kappa shape index (κ2) is 7.30. The fraction of sp³-hybridized carbons (Fsp3) is 0.611. The smallest absolute Gasteiger partial charge is 0.225 e. The Hall–Kier alpha value is -1.95. The van der Waals surface area contributed by atoms with Crippen LogP contribution in [0, 0.1) is 0 Å². The molecule has 128 valence electrons. The van der Waals surface area contributed by atoms with Gasteiger partial charge in [0.25, 0.3) is 0 Å². The van der Waals surface area contributed by atoms with Crippen LogP contribution in [0.4, 0.5) is 5.95 Å². The van der Waals surface area contributed by atoms with E-state index in [0.717, 1.165) is 44.4 Å². The van der Waals surface area contributed by atoms with Crippen LogP contribution in [0.5, 0.6) is 0 Å². The van der Waals surface area contributed by atoms with Gasteiger partial charge >= 0.3 is 0 Å². The number of rotatable bonds is 4.